The van der Waals surface area contributed by atoms with E-state index in [-0.39, 0.29) is 0 Å². The van der Waals surface area contributed by atoms with Crippen molar-refractivity contribution in [2.75, 3.05) is 26.7 Å². The molecule has 3 atom stereocenters. The lowest BCUT2D eigenvalue weighted by molar-refractivity contribution is 0.0903. The standard InChI is InChI=1S/C28H44N2O2/c1-4-6-7-8-9-10-18-30-19-16-23(22(5-2)21-30)11-14-28(31)25-15-17-29-27-13-12-24(32-3)20-26(25)27/h12-13,15,17,20,22-23,28,31H,4-11,14,16,18-19,21H2,1-3H3/t22-,23+,28?/m0/s1. The van der Waals surface area contributed by atoms with E-state index in [1.807, 2.05) is 30.5 Å². The topological polar surface area (TPSA) is 45.6 Å². The summed E-state index contributed by atoms with van der Waals surface area (Å²) >= 11 is 0. The fourth-order valence-corrected chi connectivity index (χ4v) is 5.41. The molecule has 1 aliphatic rings. The predicted molar refractivity (Wildman–Crippen MR) is 134 cm³/mol. The van der Waals surface area contributed by atoms with Gasteiger partial charge in [-0.15, -0.1) is 0 Å². The van der Waals surface area contributed by atoms with Gasteiger partial charge in [-0.3, -0.25) is 4.98 Å². The van der Waals surface area contributed by atoms with Crippen LogP contribution < -0.4 is 4.74 Å². The van der Waals surface area contributed by atoms with Crippen molar-refractivity contribution in [1.29, 1.82) is 0 Å². The summed E-state index contributed by atoms with van der Waals surface area (Å²) in [6.45, 7) is 8.35. The number of methoxy groups -OCH3 is 1. The molecule has 0 amide bonds. The number of piperidine rings is 1. The summed E-state index contributed by atoms with van der Waals surface area (Å²) in [6.07, 6.45) is 14.0. The van der Waals surface area contributed by atoms with Crippen LogP contribution in [0.25, 0.3) is 10.9 Å². The van der Waals surface area contributed by atoms with Gasteiger partial charge in [0.25, 0.3) is 0 Å². The second-order valence-corrected chi connectivity index (χ2v) is 9.66. The molecule has 1 saturated heterocycles. The van der Waals surface area contributed by atoms with Gasteiger partial charge in [-0.2, -0.15) is 0 Å². The van der Waals surface area contributed by atoms with Gasteiger partial charge in [-0.05, 0) is 80.4 Å². The van der Waals surface area contributed by atoms with E-state index in [1.54, 1.807) is 7.11 Å². The summed E-state index contributed by atoms with van der Waals surface area (Å²) in [5.74, 6) is 2.28. The molecule has 4 heteroatoms. The first-order valence-electron chi connectivity index (χ1n) is 13.0. The number of fused-ring (bicyclic) bond motifs is 1. The quantitative estimate of drug-likeness (QED) is 0.349. The van der Waals surface area contributed by atoms with Crippen LogP contribution in [0.2, 0.25) is 0 Å². The van der Waals surface area contributed by atoms with Crippen LogP contribution in [-0.4, -0.2) is 41.7 Å². The average molecular weight is 441 g/mol. The van der Waals surface area contributed by atoms with Gasteiger partial charge in [-0.25, -0.2) is 0 Å². The third-order valence-electron chi connectivity index (χ3n) is 7.48. The summed E-state index contributed by atoms with van der Waals surface area (Å²) in [5.41, 5.74) is 1.89. The molecule has 2 aromatic rings. The molecule has 178 valence electrons. The highest BCUT2D eigenvalue weighted by molar-refractivity contribution is 5.83. The minimum Gasteiger partial charge on any atom is -0.497 e. The molecule has 1 aromatic carbocycles. The minimum atomic E-state index is -0.453. The fourth-order valence-electron chi connectivity index (χ4n) is 5.41. The molecule has 0 bridgehead atoms. The number of ether oxygens (including phenoxy) is 1. The molecule has 1 N–H and O–H groups in total. The Morgan fingerprint density at radius 2 is 1.91 bits per heavy atom. The van der Waals surface area contributed by atoms with E-state index in [9.17, 15) is 5.11 Å². The highest BCUT2D eigenvalue weighted by atomic mass is 16.5. The van der Waals surface area contributed by atoms with Crippen molar-refractivity contribution < 1.29 is 9.84 Å². The van der Waals surface area contributed by atoms with Gasteiger partial charge in [0.2, 0.25) is 0 Å². The number of hydrogen-bond acceptors (Lipinski definition) is 4. The molecular formula is C28H44N2O2. The predicted octanol–water partition coefficient (Wildman–Crippen LogP) is 6.77. The SMILES string of the molecule is CCCCCCCCN1CC[C@@H](CCC(O)c2ccnc3ccc(OC)cc23)[C@@H](CC)C1. The van der Waals surface area contributed by atoms with Gasteiger partial charge in [0.15, 0.2) is 0 Å². The fraction of sp³-hybridized carbons (Fsp3) is 0.679. The van der Waals surface area contributed by atoms with Gasteiger partial charge >= 0.3 is 0 Å². The van der Waals surface area contributed by atoms with Gasteiger partial charge in [-0.1, -0.05) is 52.4 Å². The van der Waals surface area contributed by atoms with E-state index in [1.165, 1.54) is 71.0 Å². The summed E-state index contributed by atoms with van der Waals surface area (Å²) in [7, 11) is 1.68. The molecule has 0 aliphatic carbocycles. The molecule has 32 heavy (non-hydrogen) atoms. The van der Waals surface area contributed by atoms with E-state index in [0.717, 1.165) is 46.9 Å². The first-order valence-corrected chi connectivity index (χ1v) is 13.0. The van der Waals surface area contributed by atoms with Crippen LogP contribution in [0.4, 0.5) is 0 Å². The molecule has 4 nitrogen and oxygen atoms in total. The lowest BCUT2D eigenvalue weighted by Crippen LogP contribution is -2.40. The number of benzene rings is 1. The maximum absolute atomic E-state index is 11.0. The number of likely N-dealkylation sites (tertiary alicyclic amines) is 1. The zero-order chi connectivity index (χ0) is 22.8. The number of aliphatic hydroxyl groups is 1. The van der Waals surface area contributed by atoms with E-state index < -0.39 is 6.10 Å². The number of hydrogen-bond donors (Lipinski definition) is 1. The van der Waals surface area contributed by atoms with Crippen molar-refractivity contribution in [3.63, 3.8) is 0 Å². The first-order chi connectivity index (χ1) is 15.7. The zero-order valence-electron chi connectivity index (χ0n) is 20.6. The second-order valence-electron chi connectivity index (χ2n) is 9.66. The van der Waals surface area contributed by atoms with E-state index >= 15 is 0 Å². The van der Waals surface area contributed by atoms with Crippen molar-refractivity contribution in [2.24, 2.45) is 11.8 Å². The molecule has 3 rings (SSSR count). The van der Waals surface area contributed by atoms with Crippen molar-refractivity contribution in [2.45, 2.75) is 84.2 Å². The molecule has 2 heterocycles. The third kappa shape index (κ3) is 6.92. The lowest BCUT2D eigenvalue weighted by Gasteiger charge is -2.39. The maximum atomic E-state index is 11.0. The molecule has 1 aliphatic heterocycles. The van der Waals surface area contributed by atoms with Gasteiger partial charge in [0.05, 0.1) is 18.7 Å². The van der Waals surface area contributed by atoms with Gasteiger partial charge < -0.3 is 14.7 Å². The second kappa shape index (κ2) is 13.2. The summed E-state index contributed by atoms with van der Waals surface area (Å²) < 4.78 is 5.39. The number of unbranched alkanes of at least 4 members (excludes halogenated alkanes) is 5. The Hall–Kier alpha value is -1.65. The van der Waals surface area contributed by atoms with Crippen LogP contribution in [0.15, 0.2) is 30.5 Å². The Balaban J connectivity index is 1.50. The van der Waals surface area contributed by atoms with Crippen molar-refractivity contribution in [3.8, 4) is 5.75 Å². The van der Waals surface area contributed by atoms with Crippen LogP contribution in [-0.2, 0) is 0 Å². The minimum absolute atomic E-state index is 0.453. The van der Waals surface area contributed by atoms with E-state index in [4.69, 9.17) is 4.74 Å². The molecule has 1 aromatic heterocycles. The normalized spacial score (nSPS) is 20.5. The Kier molecular flexibility index (Phi) is 10.3. The third-order valence-corrected chi connectivity index (χ3v) is 7.48. The smallest absolute Gasteiger partial charge is 0.119 e. The van der Waals surface area contributed by atoms with Crippen molar-refractivity contribution >= 4 is 10.9 Å². The monoisotopic (exact) mass is 440 g/mol. The zero-order valence-corrected chi connectivity index (χ0v) is 20.6. The largest absolute Gasteiger partial charge is 0.497 e. The molecule has 0 saturated carbocycles. The molecule has 1 unspecified atom stereocenters. The van der Waals surface area contributed by atoms with Crippen molar-refractivity contribution in [1.82, 2.24) is 9.88 Å². The van der Waals surface area contributed by atoms with E-state index in [0.29, 0.717) is 0 Å². The Morgan fingerprint density at radius 3 is 2.69 bits per heavy atom. The molecule has 1 fully saturated rings. The van der Waals surface area contributed by atoms with Crippen LogP contribution in [0.5, 0.6) is 5.75 Å². The first kappa shape index (κ1) is 25.0. The van der Waals surface area contributed by atoms with Crippen LogP contribution >= 0.6 is 0 Å². The van der Waals surface area contributed by atoms with Gasteiger partial charge in [0.1, 0.15) is 5.75 Å². The molecule has 0 radical (unpaired) electrons. The van der Waals surface area contributed by atoms with Crippen LogP contribution in [0, 0.1) is 11.8 Å². The van der Waals surface area contributed by atoms with E-state index in [2.05, 4.69) is 23.7 Å². The summed E-state index contributed by atoms with van der Waals surface area (Å²) in [4.78, 5) is 7.15. The lowest BCUT2D eigenvalue weighted by atomic mass is 9.80. The maximum Gasteiger partial charge on any atom is 0.119 e. The number of nitrogens with zero attached hydrogens (tertiary/aromatic N) is 2. The number of aromatic nitrogens is 1. The molecule has 0 spiro atoms. The molecular weight excluding hydrogens is 396 g/mol. The highest BCUT2D eigenvalue weighted by Crippen LogP contribution is 2.34. The van der Waals surface area contributed by atoms with Crippen LogP contribution in [0.3, 0.4) is 0 Å². The summed E-state index contributed by atoms with van der Waals surface area (Å²) in [6, 6.07) is 7.86. The van der Waals surface area contributed by atoms with Gasteiger partial charge in [0, 0.05) is 18.1 Å². The van der Waals surface area contributed by atoms with Crippen LogP contribution in [0.1, 0.15) is 89.7 Å². The number of aliphatic hydroxyl groups excluding tert-OH is 1. The average Bonchev–Trinajstić information content (AvgIpc) is 2.84. The Morgan fingerprint density at radius 1 is 1.09 bits per heavy atom. The number of pyridine rings is 1. The van der Waals surface area contributed by atoms with Crippen molar-refractivity contribution in [3.05, 3.63) is 36.0 Å². The Bertz CT molecular complexity index is 809. The highest BCUT2D eigenvalue weighted by Gasteiger charge is 2.28. The Labute approximate surface area is 195 Å². The summed E-state index contributed by atoms with van der Waals surface area (Å²) in [5, 5.41) is 12.0. The number of rotatable bonds is 13.